The zero-order valence-electron chi connectivity index (χ0n) is 14.7. The van der Waals surface area contributed by atoms with E-state index in [0.29, 0.717) is 12.4 Å². The van der Waals surface area contributed by atoms with E-state index in [1.54, 1.807) is 36.4 Å². The van der Waals surface area contributed by atoms with Gasteiger partial charge in [-0.25, -0.2) is 4.98 Å². The third kappa shape index (κ3) is 3.55. The molecule has 0 aliphatic heterocycles. The Morgan fingerprint density at radius 3 is 2.80 bits per heavy atom. The highest BCUT2D eigenvalue weighted by atomic mass is 16.2. The second-order valence-corrected chi connectivity index (χ2v) is 6.25. The van der Waals surface area contributed by atoms with Gasteiger partial charge < -0.3 is 15.2 Å². The van der Waals surface area contributed by atoms with Crippen molar-refractivity contribution in [1.82, 2.24) is 14.5 Å². The topological polar surface area (TPSA) is 64.2 Å². The number of hydrogen-bond acceptors (Lipinski definition) is 3. The van der Waals surface area contributed by atoms with Crippen LogP contribution in [0.5, 0.6) is 0 Å². The average molecular weight is 334 g/mol. The van der Waals surface area contributed by atoms with Crippen molar-refractivity contribution in [3.05, 3.63) is 65.5 Å². The number of hydrogen-bond donors (Lipinski definition) is 1. The molecule has 5 nitrogen and oxygen atoms in total. The average Bonchev–Trinajstić information content (AvgIpc) is 2.90. The summed E-state index contributed by atoms with van der Waals surface area (Å²) in [5.41, 5.74) is 9.79. The standard InChI is InChI=1S/C20H22N4O/c1-14-10-19(21)22-12-16(14)8-9-20(25)23(2)13-17-11-15-6-4-5-7-18(15)24(17)3/h4-12H,13H2,1-3H3,(H2,21,22)/b9-8+. The fraction of sp³-hybridized carbons (Fsp3) is 0.200. The molecule has 25 heavy (non-hydrogen) atoms. The van der Waals surface area contributed by atoms with E-state index in [1.807, 2.05) is 26.1 Å². The Morgan fingerprint density at radius 1 is 1.32 bits per heavy atom. The first-order chi connectivity index (χ1) is 12.0. The van der Waals surface area contributed by atoms with E-state index < -0.39 is 0 Å². The number of carbonyl (C=O) groups excluding carboxylic acids is 1. The minimum atomic E-state index is -0.0542. The van der Waals surface area contributed by atoms with Crippen LogP contribution in [0.1, 0.15) is 16.8 Å². The summed E-state index contributed by atoms with van der Waals surface area (Å²) in [4.78, 5) is 18.2. The van der Waals surface area contributed by atoms with Gasteiger partial charge in [-0.15, -0.1) is 0 Å². The van der Waals surface area contributed by atoms with Gasteiger partial charge in [0.2, 0.25) is 5.91 Å². The predicted octanol–water partition coefficient (Wildman–Crippen LogP) is 3.14. The summed E-state index contributed by atoms with van der Waals surface area (Å²) in [6.07, 6.45) is 5.03. The molecule has 2 aromatic heterocycles. The Kier molecular flexibility index (Phi) is 4.57. The first kappa shape index (κ1) is 16.8. The number of aromatic nitrogens is 2. The van der Waals surface area contributed by atoms with Crippen LogP contribution in [0.15, 0.2) is 48.7 Å². The Labute approximate surface area is 147 Å². The number of aryl methyl sites for hydroxylation is 2. The van der Waals surface area contributed by atoms with Crippen molar-refractivity contribution < 1.29 is 4.79 Å². The van der Waals surface area contributed by atoms with Crippen molar-refractivity contribution in [3.63, 3.8) is 0 Å². The van der Waals surface area contributed by atoms with Crippen molar-refractivity contribution >= 4 is 28.7 Å². The molecule has 0 saturated heterocycles. The molecule has 0 saturated carbocycles. The molecule has 1 amide bonds. The largest absolute Gasteiger partial charge is 0.384 e. The molecule has 5 heteroatoms. The lowest BCUT2D eigenvalue weighted by molar-refractivity contribution is -0.125. The minimum absolute atomic E-state index is 0.0542. The van der Waals surface area contributed by atoms with Gasteiger partial charge in [-0.3, -0.25) is 4.79 Å². The molecule has 2 N–H and O–H groups in total. The number of likely N-dealkylation sites (N-methyl/N-ethyl adjacent to an activating group) is 1. The lowest BCUT2D eigenvalue weighted by Gasteiger charge is -2.16. The second kappa shape index (κ2) is 6.81. The monoisotopic (exact) mass is 334 g/mol. The first-order valence-corrected chi connectivity index (χ1v) is 8.14. The van der Waals surface area contributed by atoms with Crippen molar-refractivity contribution in [2.45, 2.75) is 13.5 Å². The SMILES string of the molecule is Cc1cc(N)ncc1/C=C/C(=O)N(C)Cc1cc2ccccc2n1C. The molecule has 0 bridgehead atoms. The van der Waals surface area contributed by atoms with E-state index in [1.165, 1.54) is 5.39 Å². The maximum atomic E-state index is 12.4. The molecule has 1 aromatic carbocycles. The van der Waals surface area contributed by atoms with E-state index >= 15 is 0 Å². The number of fused-ring (bicyclic) bond motifs is 1. The molecule has 3 rings (SSSR count). The number of amides is 1. The van der Waals surface area contributed by atoms with E-state index in [0.717, 1.165) is 22.3 Å². The fourth-order valence-corrected chi connectivity index (χ4v) is 2.87. The van der Waals surface area contributed by atoms with Crippen molar-refractivity contribution in [3.8, 4) is 0 Å². The van der Waals surface area contributed by atoms with Crippen LogP contribution in [0.4, 0.5) is 5.82 Å². The minimum Gasteiger partial charge on any atom is -0.384 e. The highest BCUT2D eigenvalue weighted by Crippen LogP contribution is 2.19. The lowest BCUT2D eigenvalue weighted by atomic mass is 10.1. The Bertz CT molecular complexity index is 955. The molecule has 2 heterocycles. The summed E-state index contributed by atoms with van der Waals surface area (Å²) >= 11 is 0. The summed E-state index contributed by atoms with van der Waals surface area (Å²) in [6.45, 7) is 2.49. The summed E-state index contributed by atoms with van der Waals surface area (Å²) < 4.78 is 2.12. The van der Waals surface area contributed by atoms with Crippen molar-refractivity contribution in [1.29, 1.82) is 0 Å². The number of para-hydroxylation sites is 1. The van der Waals surface area contributed by atoms with Gasteiger partial charge in [-0.05, 0) is 47.7 Å². The fourth-order valence-electron chi connectivity index (χ4n) is 2.87. The van der Waals surface area contributed by atoms with Gasteiger partial charge in [0.1, 0.15) is 5.82 Å². The molecule has 0 fully saturated rings. The quantitative estimate of drug-likeness (QED) is 0.746. The third-order valence-electron chi connectivity index (χ3n) is 4.40. The second-order valence-electron chi connectivity index (χ2n) is 6.25. The maximum absolute atomic E-state index is 12.4. The smallest absolute Gasteiger partial charge is 0.246 e. The van der Waals surface area contributed by atoms with Gasteiger partial charge in [-0.1, -0.05) is 18.2 Å². The van der Waals surface area contributed by atoms with Crippen LogP contribution >= 0.6 is 0 Å². The summed E-state index contributed by atoms with van der Waals surface area (Å²) in [7, 11) is 3.83. The van der Waals surface area contributed by atoms with E-state index in [9.17, 15) is 4.79 Å². The molecular formula is C20H22N4O. The molecular weight excluding hydrogens is 312 g/mol. The number of rotatable bonds is 4. The molecule has 0 aliphatic carbocycles. The van der Waals surface area contributed by atoms with E-state index in [2.05, 4.69) is 27.8 Å². The number of nitrogens with two attached hydrogens (primary N) is 1. The van der Waals surface area contributed by atoms with Gasteiger partial charge >= 0.3 is 0 Å². The zero-order chi connectivity index (χ0) is 18.0. The van der Waals surface area contributed by atoms with Gasteiger partial charge in [0, 0.05) is 37.6 Å². The summed E-state index contributed by atoms with van der Waals surface area (Å²) in [6, 6.07) is 12.1. The van der Waals surface area contributed by atoms with E-state index in [-0.39, 0.29) is 5.91 Å². The number of benzene rings is 1. The van der Waals surface area contributed by atoms with Crippen LogP contribution in [-0.4, -0.2) is 27.4 Å². The van der Waals surface area contributed by atoms with Gasteiger partial charge in [0.25, 0.3) is 0 Å². The lowest BCUT2D eigenvalue weighted by Crippen LogP contribution is -2.25. The third-order valence-corrected chi connectivity index (χ3v) is 4.40. The van der Waals surface area contributed by atoms with Crippen LogP contribution in [0, 0.1) is 6.92 Å². The van der Waals surface area contributed by atoms with Crippen LogP contribution in [0.2, 0.25) is 0 Å². The van der Waals surface area contributed by atoms with Gasteiger partial charge in [0.05, 0.1) is 6.54 Å². The molecule has 0 atom stereocenters. The Hall–Kier alpha value is -3.08. The molecule has 0 spiro atoms. The number of anilines is 1. The summed E-state index contributed by atoms with van der Waals surface area (Å²) in [5.74, 6) is 0.426. The molecule has 0 radical (unpaired) electrons. The Balaban J connectivity index is 1.73. The van der Waals surface area contributed by atoms with E-state index in [4.69, 9.17) is 5.73 Å². The van der Waals surface area contributed by atoms with Crippen LogP contribution in [0.3, 0.4) is 0 Å². The molecule has 3 aromatic rings. The molecule has 128 valence electrons. The number of nitrogen functional groups attached to an aromatic ring is 1. The predicted molar refractivity (Wildman–Crippen MR) is 102 cm³/mol. The zero-order valence-corrected chi connectivity index (χ0v) is 14.7. The number of carbonyl (C=O) groups is 1. The number of nitrogens with zero attached hydrogens (tertiary/aromatic N) is 3. The highest BCUT2D eigenvalue weighted by molar-refractivity contribution is 5.92. The van der Waals surface area contributed by atoms with Crippen LogP contribution in [0.25, 0.3) is 17.0 Å². The normalized spacial score (nSPS) is 11.3. The maximum Gasteiger partial charge on any atom is 0.246 e. The van der Waals surface area contributed by atoms with Crippen molar-refractivity contribution in [2.24, 2.45) is 7.05 Å². The van der Waals surface area contributed by atoms with Gasteiger partial charge in [0.15, 0.2) is 0 Å². The van der Waals surface area contributed by atoms with Gasteiger partial charge in [-0.2, -0.15) is 0 Å². The van der Waals surface area contributed by atoms with Crippen LogP contribution < -0.4 is 5.73 Å². The van der Waals surface area contributed by atoms with Crippen molar-refractivity contribution in [2.75, 3.05) is 12.8 Å². The number of pyridine rings is 1. The molecule has 0 unspecified atom stereocenters. The Morgan fingerprint density at radius 2 is 2.08 bits per heavy atom. The van der Waals surface area contributed by atoms with Crippen LogP contribution in [-0.2, 0) is 18.4 Å². The first-order valence-electron chi connectivity index (χ1n) is 8.14. The molecule has 0 aliphatic rings. The highest BCUT2D eigenvalue weighted by Gasteiger charge is 2.11. The summed E-state index contributed by atoms with van der Waals surface area (Å²) in [5, 5.41) is 1.18.